The van der Waals surface area contributed by atoms with Gasteiger partial charge in [-0.1, -0.05) is 55.4 Å². The van der Waals surface area contributed by atoms with Crippen molar-refractivity contribution < 1.29 is 4.74 Å². The van der Waals surface area contributed by atoms with Crippen LogP contribution in [0.2, 0.25) is 0 Å². The predicted octanol–water partition coefficient (Wildman–Crippen LogP) is 5.39. The molecule has 19 heavy (non-hydrogen) atoms. The highest BCUT2D eigenvalue weighted by atomic mass is 16.5. The minimum absolute atomic E-state index is 0.500. The molecule has 2 rings (SSSR count). The molecule has 0 N–H and O–H groups in total. The van der Waals surface area contributed by atoms with Crippen LogP contribution in [0, 0.1) is 34.5 Å². The molecule has 1 aliphatic carbocycles. The third-order valence-electron chi connectivity index (χ3n) is 6.17. The summed E-state index contributed by atoms with van der Waals surface area (Å²) in [5, 5.41) is 0. The van der Waals surface area contributed by atoms with Gasteiger partial charge in [-0.15, -0.1) is 0 Å². The normalized spacial score (nSPS) is 23.4. The van der Waals surface area contributed by atoms with E-state index in [4.69, 9.17) is 4.74 Å². The third kappa shape index (κ3) is 3.35. The average Bonchev–Trinajstić information content (AvgIpc) is 2.94. The van der Waals surface area contributed by atoms with Crippen LogP contribution < -0.4 is 0 Å². The van der Waals surface area contributed by atoms with E-state index in [1.165, 1.54) is 12.8 Å². The Bertz CT molecular complexity index is 247. The van der Waals surface area contributed by atoms with Crippen LogP contribution in [0.15, 0.2) is 0 Å². The monoisotopic (exact) mass is 268 g/mol. The molecule has 1 aliphatic heterocycles. The van der Waals surface area contributed by atoms with E-state index in [-0.39, 0.29) is 0 Å². The molecular weight excluding hydrogens is 232 g/mol. The minimum Gasteiger partial charge on any atom is -0.380 e. The molecule has 0 spiro atoms. The molecule has 2 aliphatic rings. The SMILES string of the molecule is CC(C)C1(C(C)C)CC1.CC(C)C1(C(C)C)COC1. The second kappa shape index (κ2) is 6.16. The molecule has 1 heteroatoms. The van der Waals surface area contributed by atoms with Crippen molar-refractivity contribution in [2.45, 2.75) is 68.2 Å². The third-order valence-corrected chi connectivity index (χ3v) is 6.17. The molecule has 0 amide bonds. The number of hydrogen-bond donors (Lipinski definition) is 0. The van der Waals surface area contributed by atoms with Crippen LogP contribution in [0.4, 0.5) is 0 Å². The average molecular weight is 268 g/mol. The Kier molecular flexibility index (Phi) is 5.52. The number of ether oxygens (including phenoxy) is 1. The topological polar surface area (TPSA) is 9.23 Å². The summed E-state index contributed by atoms with van der Waals surface area (Å²) in [7, 11) is 0. The first-order valence-electron chi connectivity index (χ1n) is 8.27. The minimum atomic E-state index is 0.500. The molecule has 0 aromatic carbocycles. The molecule has 0 unspecified atom stereocenters. The molecule has 1 saturated heterocycles. The summed E-state index contributed by atoms with van der Waals surface area (Å²) in [5.74, 6) is 3.33. The molecule has 1 heterocycles. The quantitative estimate of drug-likeness (QED) is 0.664. The van der Waals surface area contributed by atoms with E-state index in [1.807, 2.05) is 0 Å². The van der Waals surface area contributed by atoms with Gasteiger partial charge in [-0.25, -0.2) is 0 Å². The molecule has 0 atom stereocenters. The molecule has 0 aromatic heterocycles. The lowest BCUT2D eigenvalue weighted by Gasteiger charge is -2.48. The van der Waals surface area contributed by atoms with Crippen molar-refractivity contribution in [1.29, 1.82) is 0 Å². The van der Waals surface area contributed by atoms with Gasteiger partial charge in [-0.3, -0.25) is 0 Å². The first kappa shape index (κ1) is 17.0. The van der Waals surface area contributed by atoms with E-state index >= 15 is 0 Å². The van der Waals surface area contributed by atoms with Crippen molar-refractivity contribution >= 4 is 0 Å². The molecule has 1 nitrogen and oxygen atoms in total. The molecule has 114 valence electrons. The van der Waals surface area contributed by atoms with Gasteiger partial charge in [0, 0.05) is 5.41 Å². The zero-order valence-electron chi connectivity index (χ0n) is 14.5. The van der Waals surface area contributed by atoms with Gasteiger partial charge >= 0.3 is 0 Å². The summed E-state index contributed by atoms with van der Waals surface area (Å²) in [4.78, 5) is 0. The Morgan fingerprint density at radius 3 is 0.895 bits per heavy atom. The molecule has 2 fully saturated rings. The summed E-state index contributed by atoms with van der Waals surface area (Å²) in [6.07, 6.45) is 2.95. The van der Waals surface area contributed by atoms with E-state index in [9.17, 15) is 0 Å². The van der Waals surface area contributed by atoms with Gasteiger partial charge in [0.2, 0.25) is 0 Å². The zero-order chi connectivity index (χ0) is 14.8. The van der Waals surface area contributed by atoms with E-state index in [0.29, 0.717) is 5.41 Å². The lowest BCUT2D eigenvalue weighted by atomic mass is 9.67. The molecular formula is C18H36O. The lowest BCUT2D eigenvalue weighted by molar-refractivity contribution is -0.164. The summed E-state index contributed by atoms with van der Waals surface area (Å²) < 4.78 is 5.26. The van der Waals surface area contributed by atoms with Gasteiger partial charge < -0.3 is 4.74 Å². The van der Waals surface area contributed by atoms with Crippen LogP contribution in [-0.2, 0) is 4.74 Å². The number of hydrogen-bond acceptors (Lipinski definition) is 1. The second-order valence-electron chi connectivity index (χ2n) is 8.08. The van der Waals surface area contributed by atoms with Crippen molar-refractivity contribution in [3.63, 3.8) is 0 Å². The maximum atomic E-state index is 5.26. The standard InChI is InChI=1S/C9H18O.C9H18/c1-7(2)9(8(3)4)5-10-6-9;1-7(2)9(5-6-9)8(3)4/h7-8H,5-6H2,1-4H3;7-8H,5-6H2,1-4H3. The van der Waals surface area contributed by atoms with E-state index in [1.54, 1.807) is 0 Å². The lowest BCUT2D eigenvalue weighted by Crippen LogP contribution is -2.50. The Morgan fingerprint density at radius 1 is 0.579 bits per heavy atom. The van der Waals surface area contributed by atoms with Crippen LogP contribution >= 0.6 is 0 Å². The Labute approximate surface area is 121 Å². The Hall–Kier alpha value is -0.0400. The van der Waals surface area contributed by atoms with Crippen LogP contribution in [0.25, 0.3) is 0 Å². The highest BCUT2D eigenvalue weighted by molar-refractivity contribution is 4.97. The first-order valence-corrected chi connectivity index (χ1v) is 8.27. The molecule has 0 bridgehead atoms. The van der Waals surface area contributed by atoms with Crippen molar-refractivity contribution in [1.82, 2.24) is 0 Å². The van der Waals surface area contributed by atoms with Gasteiger partial charge in [0.15, 0.2) is 0 Å². The van der Waals surface area contributed by atoms with E-state index in [0.717, 1.165) is 42.3 Å². The van der Waals surface area contributed by atoms with Crippen LogP contribution in [0.3, 0.4) is 0 Å². The fourth-order valence-corrected chi connectivity index (χ4v) is 3.64. The largest absolute Gasteiger partial charge is 0.380 e. The summed E-state index contributed by atoms with van der Waals surface area (Å²) in [6.45, 7) is 20.5. The fraction of sp³-hybridized carbons (Fsp3) is 1.00. The molecule has 1 saturated carbocycles. The van der Waals surface area contributed by atoms with E-state index in [2.05, 4.69) is 55.4 Å². The maximum Gasteiger partial charge on any atom is 0.0549 e. The van der Waals surface area contributed by atoms with Gasteiger partial charge in [0.25, 0.3) is 0 Å². The fourth-order valence-electron chi connectivity index (χ4n) is 3.64. The smallest absolute Gasteiger partial charge is 0.0549 e. The predicted molar refractivity (Wildman–Crippen MR) is 84.3 cm³/mol. The summed E-state index contributed by atoms with van der Waals surface area (Å²) in [6, 6.07) is 0. The summed E-state index contributed by atoms with van der Waals surface area (Å²) in [5.41, 5.74) is 1.25. The van der Waals surface area contributed by atoms with Gasteiger partial charge in [-0.05, 0) is 41.9 Å². The Morgan fingerprint density at radius 2 is 0.895 bits per heavy atom. The van der Waals surface area contributed by atoms with E-state index < -0.39 is 0 Å². The highest BCUT2D eigenvalue weighted by Gasteiger charge is 2.47. The number of rotatable bonds is 4. The van der Waals surface area contributed by atoms with Crippen molar-refractivity contribution in [3.05, 3.63) is 0 Å². The van der Waals surface area contributed by atoms with Gasteiger partial charge in [0.05, 0.1) is 13.2 Å². The van der Waals surface area contributed by atoms with Crippen molar-refractivity contribution in [2.75, 3.05) is 13.2 Å². The molecule has 0 aromatic rings. The van der Waals surface area contributed by atoms with Gasteiger partial charge in [-0.2, -0.15) is 0 Å². The second-order valence-corrected chi connectivity index (χ2v) is 8.08. The highest BCUT2D eigenvalue weighted by Crippen LogP contribution is 2.57. The van der Waals surface area contributed by atoms with Gasteiger partial charge in [0.1, 0.15) is 0 Å². The Balaban J connectivity index is 0.000000191. The van der Waals surface area contributed by atoms with Crippen LogP contribution in [0.1, 0.15) is 68.2 Å². The van der Waals surface area contributed by atoms with Crippen molar-refractivity contribution in [2.24, 2.45) is 34.5 Å². The van der Waals surface area contributed by atoms with Crippen molar-refractivity contribution in [3.8, 4) is 0 Å². The van der Waals surface area contributed by atoms with Crippen LogP contribution in [0.5, 0.6) is 0 Å². The maximum absolute atomic E-state index is 5.26. The summed E-state index contributed by atoms with van der Waals surface area (Å²) >= 11 is 0. The first-order chi connectivity index (χ1) is 8.69. The zero-order valence-corrected chi connectivity index (χ0v) is 14.5. The molecule has 0 radical (unpaired) electrons. The van der Waals surface area contributed by atoms with Crippen LogP contribution in [-0.4, -0.2) is 13.2 Å².